The molecule has 0 spiro atoms. The van der Waals surface area contributed by atoms with Crippen molar-refractivity contribution in [3.05, 3.63) is 24.3 Å². The first-order chi connectivity index (χ1) is 21.5. The summed E-state index contributed by atoms with van der Waals surface area (Å²) in [6.07, 6.45) is 27.2. The molecule has 0 aromatic heterocycles. The van der Waals surface area contributed by atoms with E-state index in [1.165, 1.54) is 77.0 Å². The standard InChI is InChI=1S/C40H56N2O2/c43-37(39-21-27-15-28(22-39)17-29(16-27)23-39)41(33-7-3-1-4-8-33)35-11-13-36(14-12-35)42(34-9-5-2-6-10-34)38(44)40-24-30-18-31(25-40)20-32(19-30)26-40/h11-14,27-34H,1-10,15-26H2. The topological polar surface area (TPSA) is 40.6 Å². The molecule has 2 amide bonds. The van der Waals surface area contributed by atoms with E-state index in [0.717, 1.165) is 111 Å². The van der Waals surface area contributed by atoms with Gasteiger partial charge in [0.2, 0.25) is 11.8 Å². The lowest BCUT2D eigenvalue weighted by Gasteiger charge is -2.57. The van der Waals surface area contributed by atoms with E-state index in [-0.39, 0.29) is 10.8 Å². The van der Waals surface area contributed by atoms with Crippen molar-refractivity contribution < 1.29 is 9.59 Å². The fourth-order valence-electron chi connectivity index (χ4n) is 13.7. The van der Waals surface area contributed by atoms with Crippen LogP contribution in [-0.4, -0.2) is 23.9 Å². The smallest absolute Gasteiger partial charge is 0.233 e. The van der Waals surface area contributed by atoms with E-state index in [2.05, 4.69) is 34.1 Å². The Morgan fingerprint density at radius 2 is 0.727 bits per heavy atom. The van der Waals surface area contributed by atoms with Gasteiger partial charge in [0.05, 0.1) is 10.8 Å². The number of nitrogens with zero attached hydrogens (tertiary/aromatic N) is 2. The number of hydrogen-bond acceptors (Lipinski definition) is 2. The Morgan fingerprint density at radius 3 is 1.00 bits per heavy atom. The summed E-state index contributed by atoms with van der Waals surface area (Å²) in [4.78, 5) is 34.4. The molecule has 10 aliphatic rings. The predicted octanol–water partition coefficient (Wildman–Crippen LogP) is 9.45. The third-order valence-electron chi connectivity index (χ3n) is 14.7. The van der Waals surface area contributed by atoms with Gasteiger partial charge in [-0.25, -0.2) is 0 Å². The second-order valence-electron chi connectivity index (χ2n) is 17.8. The molecule has 10 saturated carbocycles. The molecule has 1 aromatic carbocycles. The Hall–Kier alpha value is -1.84. The van der Waals surface area contributed by atoms with Gasteiger partial charge >= 0.3 is 0 Å². The van der Waals surface area contributed by atoms with Crippen molar-refractivity contribution in [2.45, 2.75) is 153 Å². The highest BCUT2D eigenvalue weighted by molar-refractivity contribution is 6.00. The maximum Gasteiger partial charge on any atom is 0.233 e. The summed E-state index contributed by atoms with van der Waals surface area (Å²) < 4.78 is 0. The first-order valence-corrected chi connectivity index (χ1v) is 19.2. The summed E-state index contributed by atoms with van der Waals surface area (Å²) in [6, 6.07) is 9.68. The number of anilines is 2. The van der Waals surface area contributed by atoms with Crippen molar-refractivity contribution in [3.8, 4) is 0 Å². The van der Waals surface area contributed by atoms with Crippen LogP contribution in [0.3, 0.4) is 0 Å². The average molecular weight is 597 g/mol. The lowest BCUT2D eigenvalue weighted by atomic mass is 9.49. The van der Waals surface area contributed by atoms with Crippen molar-refractivity contribution in [3.63, 3.8) is 0 Å². The molecule has 0 aliphatic heterocycles. The van der Waals surface area contributed by atoms with Crippen LogP contribution in [0.25, 0.3) is 0 Å². The minimum atomic E-state index is -0.118. The van der Waals surface area contributed by atoms with Crippen LogP contribution in [0.2, 0.25) is 0 Å². The summed E-state index contributed by atoms with van der Waals surface area (Å²) >= 11 is 0. The van der Waals surface area contributed by atoms with Crippen molar-refractivity contribution in [2.24, 2.45) is 46.3 Å². The Balaban J connectivity index is 1.04. The fourth-order valence-corrected chi connectivity index (χ4v) is 13.7. The zero-order valence-corrected chi connectivity index (χ0v) is 27.2. The van der Waals surface area contributed by atoms with Crippen molar-refractivity contribution >= 4 is 23.2 Å². The van der Waals surface area contributed by atoms with Crippen LogP contribution in [-0.2, 0) is 9.59 Å². The average Bonchev–Trinajstić information content (AvgIpc) is 3.02. The molecule has 0 N–H and O–H groups in total. The molecule has 1 aromatic rings. The van der Waals surface area contributed by atoms with Gasteiger partial charge < -0.3 is 9.80 Å². The van der Waals surface area contributed by atoms with E-state index >= 15 is 0 Å². The van der Waals surface area contributed by atoms with E-state index in [0.29, 0.717) is 23.9 Å². The molecule has 4 heteroatoms. The van der Waals surface area contributed by atoms with Gasteiger partial charge in [0.25, 0.3) is 0 Å². The lowest BCUT2D eigenvalue weighted by Crippen LogP contribution is -2.57. The largest absolute Gasteiger partial charge is 0.309 e. The van der Waals surface area contributed by atoms with Gasteiger partial charge in [0, 0.05) is 23.5 Å². The van der Waals surface area contributed by atoms with Crippen LogP contribution < -0.4 is 9.80 Å². The van der Waals surface area contributed by atoms with Crippen LogP contribution in [0.15, 0.2) is 24.3 Å². The zero-order chi connectivity index (χ0) is 29.5. The van der Waals surface area contributed by atoms with Gasteiger partial charge in [-0.05, 0) is 163 Å². The second-order valence-corrected chi connectivity index (χ2v) is 17.8. The molecule has 44 heavy (non-hydrogen) atoms. The van der Waals surface area contributed by atoms with E-state index in [9.17, 15) is 9.59 Å². The summed E-state index contributed by atoms with van der Waals surface area (Å²) in [5.41, 5.74) is 1.97. The van der Waals surface area contributed by atoms with Crippen molar-refractivity contribution in [1.29, 1.82) is 0 Å². The maximum atomic E-state index is 14.9. The molecule has 0 heterocycles. The molecular formula is C40H56N2O2. The normalized spacial score (nSPS) is 41.2. The van der Waals surface area contributed by atoms with E-state index in [1.54, 1.807) is 0 Å². The van der Waals surface area contributed by atoms with Gasteiger partial charge in [-0.3, -0.25) is 9.59 Å². The summed E-state index contributed by atoms with van der Waals surface area (Å²) in [5, 5.41) is 0. The number of rotatable bonds is 6. The third-order valence-corrected chi connectivity index (χ3v) is 14.7. The monoisotopic (exact) mass is 596 g/mol. The van der Waals surface area contributed by atoms with Crippen molar-refractivity contribution in [2.75, 3.05) is 9.80 Å². The Bertz CT molecular complexity index is 1090. The predicted molar refractivity (Wildman–Crippen MR) is 176 cm³/mol. The number of hydrogen-bond donors (Lipinski definition) is 0. The number of carbonyl (C=O) groups is 2. The maximum absolute atomic E-state index is 14.9. The number of carbonyl (C=O) groups excluding carboxylic acids is 2. The molecule has 8 bridgehead atoms. The quantitative estimate of drug-likeness (QED) is 0.328. The minimum absolute atomic E-state index is 0.118. The summed E-state index contributed by atoms with van der Waals surface area (Å²) in [7, 11) is 0. The highest BCUT2D eigenvalue weighted by Gasteiger charge is 2.58. The molecule has 10 fully saturated rings. The zero-order valence-electron chi connectivity index (χ0n) is 27.2. The molecule has 238 valence electrons. The van der Waals surface area contributed by atoms with E-state index in [1.807, 2.05) is 0 Å². The highest BCUT2D eigenvalue weighted by atomic mass is 16.2. The van der Waals surface area contributed by atoms with Crippen LogP contribution in [0, 0.1) is 46.3 Å². The summed E-state index contributed by atoms with van der Waals surface area (Å²) in [5.74, 6) is 5.60. The van der Waals surface area contributed by atoms with Crippen LogP contribution in [0.4, 0.5) is 11.4 Å². The van der Waals surface area contributed by atoms with Gasteiger partial charge in [-0.2, -0.15) is 0 Å². The lowest BCUT2D eigenvalue weighted by molar-refractivity contribution is -0.144. The first kappa shape index (κ1) is 28.4. The summed E-state index contributed by atoms with van der Waals surface area (Å²) in [6.45, 7) is 0. The van der Waals surface area contributed by atoms with Gasteiger partial charge in [0.15, 0.2) is 0 Å². The Morgan fingerprint density at radius 1 is 0.455 bits per heavy atom. The molecule has 0 radical (unpaired) electrons. The highest BCUT2D eigenvalue weighted by Crippen LogP contribution is 2.62. The van der Waals surface area contributed by atoms with Crippen molar-refractivity contribution in [1.82, 2.24) is 0 Å². The molecule has 0 unspecified atom stereocenters. The van der Waals surface area contributed by atoms with E-state index < -0.39 is 0 Å². The molecule has 11 rings (SSSR count). The Kier molecular flexibility index (Phi) is 7.01. The van der Waals surface area contributed by atoms with Crippen LogP contribution in [0.1, 0.15) is 141 Å². The Labute approximate surface area is 266 Å². The van der Waals surface area contributed by atoms with Gasteiger partial charge in [0.1, 0.15) is 0 Å². The first-order valence-electron chi connectivity index (χ1n) is 19.2. The number of benzene rings is 1. The van der Waals surface area contributed by atoms with E-state index in [4.69, 9.17) is 0 Å². The van der Waals surface area contributed by atoms with Crippen LogP contribution in [0.5, 0.6) is 0 Å². The molecule has 4 nitrogen and oxygen atoms in total. The molecule has 0 saturated heterocycles. The minimum Gasteiger partial charge on any atom is -0.309 e. The van der Waals surface area contributed by atoms with Gasteiger partial charge in [-0.15, -0.1) is 0 Å². The third kappa shape index (κ3) is 4.73. The van der Waals surface area contributed by atoms with Crippen LogP contribution >= 0.6 is 0 Å². The molecule has 10 aliphatic carbocycles. The fraction of sp³-hybridized carbons (Fsp3) is 0.800. The second kappa shape index (κ2) is 10.9. The molecular weight excluding hydrogens is 540 g/mol. The van der Waals surface area contributed by atoms with Gasteiger partial charge in [-0.1, -0.05) is 38.5 Å². The molecule has 0 atom stereocenters. The number of amides is 2. The SMILES string of the molecule is O=C(N(c1ccc(N(C(=O)C23CC4CC(CC(C4)C2)C3)C2CCCCC2)cc1)C1CCCCC1)C12CC3CC(CC(C3)C1)C2.